The number of carbonyl (C=O) groups excluding carboxylic acids is 1. The lowest BCUT2D eigenvalue weighted by Crippen LogP contribution is -2.46. The van der Waals surface area contributed by atoms with Crippen LogP contribution in [0.2, 0.25) is 0 Å². The van der Waals surface area contributed by atoms with Gasteiger partial charge >= 0.3 is 0 Å². The maximum absolute atomic E-state index is 12.8. The minimum Gasteiger partial charge on any atom is -0.611 e. The highest BCUT2D eigenvalue weighted by Gasteiger charge is 2.36. The van der Waals surface area contributed by atoms with Crippen LogP contribution >= 0.6 is 15.9 Å². The Morgan fingerprint density at radius 2 is 2.07 bits per heavy atom. The maximum atomic E-state index is 12.8. The number of alkyl halides is 1. The normalized spacial score (nSPS) is 20.7. The highest BCUT2D eigenvalue weighted by Crippen LogP contribution is 2.31. The van der Waals surface area contributed by atoms with Crippen molar-refractivity contribution in [1.82, 2.24) is 10.2 Å². The summed E-state index contributed by atoms with van der Waals surface area (Å²) in [5, 5.41) is 4.17. The zero-order chi connectivity index (χ0) is 19.1. The van der Waals surface area contributed by atoms with E-state index in [4.69, 9.17) is 9.47 Å². The lowest BCUT2D eigenvalue weighted by atomic mass is 10.1. The van der Waals surface area contributed by atoms with Crippen LogP contribution in [0, 0.1) is 0 Å². The Balaban J connectivity index is 1.55. The first-order valence-corrected chi connectivity index (χ1v) is 11.9. The zero-order valence-electron chi connectivity index (χ0n) is 15.5. The van der Waals surface area contributed by atoms with E-state index in [9.17, 15) is 9.35 Å². The fraction of sp³-hybridized carbons (Fsp3) is 0.632. The van der Waals surface area contributed by atoms with Crippen molar-refractivity contribution in [3.63, 3.8) is 0 Å². The highest BCUT2D eigenvalue weighted by atomic mass is 79.9. The van der Waals surface area contributed by atoms with Crippen LogP contribution in [0.3, 0.4) is 0 Å². The van der Waals surface area contributed by atoms with Gasteiger partial charge < -0.3 is 24.2 Å². The number of hydrogen-bond donors (Lipinski definition) is 1. The van der Waals surface area contributed by atoms with Crippen LogP contribution in [-0.2, 0) is 27.2 Å². The van der Waals surface area contributed by atoms with Crippen LogP contribution < -0.4 is 5.32 Å². The third-order valence-electron chi connectivity index (χ3n) is 4.92. The van der Waals surface area contributed by atoms with Gasteiger partial charge in [0.1, 0.15) is 5.75 Å². The number of nitrogens with one attached hydrogen (secondary N) is 1. The number of hydrogen-bond acceptors (Lipinski definition) is 5. The van der Waals surface area contributed by atoms with Gasteiger partial charge in [-0.05, 0) is 42.7 Å². The summed E-state index contributed by atoms with van der Waals surface area (Å²) in [6.07, 6.45) is 2.11. The van der Waals surface area contributed by atoms with E-state index in [1.807, 2.05) is 23.1 Å². The summed E-state index contributed by atoms with van der Waals surface area (Å²) in [4.78, 5) is 15.5. The molecular weight excluding hydrogens is 432 g/mol. The molecule has 0 bridgehead atoms. The van der Waals surface area contributed by atoms with Gasteiger partial charge in [0.05, 0.1) is 33.0 Å². The van der Waals surface area contributed by atoms with Crippen LogP contribution in [0.1, 0.15) is 28.8 Å². The average molecular weight is 459 g/mol. The van der Waals surface area contributed by atoms with Gasteiger partial charge in [-0.25, -0.2) is 0 Å². The molecule has 2 unspecified atom stereocenters. The van der Waals surface area contributed by atoms with E-state index in [0.717, 1.165) is 41.7 Å². The topological polar surface area (TPSA) is 73.9 Å². The summed E-state index contributed by atoms with van der Waals surface area (Å²) < 4.78 is 23.6. The Morgan fingerprint density at radius 1 is 1.26 bits per heavy atom. The predicted molar refractivity (Wildman–Crippen MR) is 109 cm³/mol. The molecule has 1 N–H and O–H groups in total. The summed E-state index contributed by atoms with van der Waals surface area (Å²) in [5.74, 6) is 0.492. The summed E-state index contributed by atoms with van der Waals surface area (Å²) in [7, 11) is 0. The first-order valence-electron chi connectivity index (χ1n) is 9.45. The molecular formula is C19H27BrN2O4S. The van der Waals surface area contributed by atoms with E-state index in [2.05, 4.69) is 21.2 Å². The minimum atomic E-state index is -1.18. The number of piperidine rings is 1. The van der Waals surface area contributed by atoms with Crippen LogP contribution in [0.15, 0.2) is 23.1 Å². The molecule has 0 aromatic heterocycles. The smallest absolute Gasteiger partial charge is 0.254 e. The monoisotopic (exact) mass is 458 g/mol. The largest absolute Gasteiger partial charge is 0.611 e. The quantitative estimate of drug-likeness (QED) is 0.329. The summed E-state index contributed by atoms with van der Waals surface area (Å²) in [5.41, 5.74) is 1.63. The number of nitrogens with zero attached hydrogens (tertiary/aromatic N) is 1. The first-order chi connectivity index (χ1) is 13.2. The second-order valence-electron chi connectivity index (χ2n) is 6.68. The van der Waals surface area contributed by atoms with Crippen molar-refractivity contribution in [3.8, 4) is 0 Å². The number of halogens is 1. The van der Waals surface area contributed by atoms with Crippen LogP contribution in [0.5, 0.6) is 0 Å². The van der Waals surface area contributed by atoms with Gasteiger partial charge in [0.2, 0.25) is 0 Å². The third kappa shape index (κ3) is 5.46. The van der Waals surface area contributed by atoms with Gasteiger partial charge in [-0.15, -0.1) is 0 Å². The second-order valence-corrected chi connectivity index (χ2v) is 9.01. The molecule has 2 atom stereocenters. The van der Waals surface area contributed by atoms with Gasteiger partial charge in [0, 0.05) is 29.0 Å². The average Bonchev–Trinajstić information content (AvgIpc) is 3.04. The molecule has 1 saturated heterocycles. The molecule has 0 aliphatic carbocycles. The van der Waals surface area contributed by atoms with Crippen molar-refractivity contribution in [2.24, 2.45) is 0 Å². The van der Waals surface area contributed by atoms with Crippen LogP contribution in [0.25, 0.3) is 0 Å². The van der Waals surface area contributed by atoms with Crippen LogP contribution in [0.4, 0.5) is 0 Å². The number of rotatable bonds is 10. The number of amides is 1. The minimum absolute atomic E-state index is 0.0674. The Labute approximate surface area is 172 Å². The Hall–Kier alpha value is -0.640. The first kappa shape index (κ1) is 21.1. The van der Waals surface area contributed by atoms with Crippen molar-refractivity contribution < 1.29 is 18.8 Å². The molecule has 150 valence electrons. The molecule has 1 aromatic carbocycles. The molecule has 2 aliphatic heterocycles. The van der Waals surface area contributed by atoms with Gasteiger partial charge in [-0.1, -0.05) is 22.0 Å². The van der Waals surface area contributed by atoms with Crippen molar-refractivity contribution in [2.75, 3.05) is 50.6 Å². The molecule has 6 nitrogen and oxygen atoms in total. The lowest BCUT2D eigenvalue weighted by molar-refractivity contribution is 0.0603. The molecule has 1 fully saturated rings. The van der Waals surface area contributed by atoms with Gasteiger partial charge in [0.15, 0.2) is 4.90 Å². The molecule has 27 heavy (non-hydrogen) atoms. The highest BCUT2D eigenvalue weighted by molar-refractivity contribution is 9.09. The van der Waals surface area contributed by atoms with Gasteiger partial charge in [-0.2, -0.15) is 0 Å². The molecule has 0 spiro atoms. The third-order valence-corrected chi connectivity index (χ3v) is 6.65. The van der Waals surface area contributed by atoms with Gasteiger partial charge in [0.25, 0.3) is 5.91 Å². The van der Waals surface area contributed by atoms with Crippen molar-refractivity contribution in [1.29, 1.82) is 0 Å². The number of benzene rings is 1. The predicted octanol–water partition coefficient (Wildman–Crippen LogP) is 1.93. The van der Waals surface area contributed by atoms with Crippen molar-refractivity contribution >= 4 is 33.0 Å². The van der Waals surface area contributed by atoms with E-state index in [1.165, 1.54) is 0 Å². The van der Waals surface area contributed by atoms with Gasteiger partial charge in [-0.3, -0.25) is 4.79 Å². The second kappa shape index (κ2) is 10.8. The molecule has 2 heterocycles. The van der Waals surface area contributed by atoms with E-state index in [0.29, 0.717) is 44.3 Å². The zero-order valence-corrected chi connectivity index (χ0v) is 17.9. The molecule has 1 amide bonds. The lowest BCUT2D eigenvalue weighted by Gasteiger charge is -2.31. The maximum Gasteiger partial charge on any atom is 0.254 e. The Morgan fingerprint density at radius 3 is 2.81 bits per heavy atom. The standard InChI is InChI=1S/C19H27BrN2O4S/c20-6-8-25-9-10-26-11-12-27(24)18-5-1-4-16-17(18)14-22(19(16)23)15-3-2-7-21-13-15/h1,4-5,15,21H,2-3,6-14H2. The molecule has 8 heteroatoms. The van der Waals surface area contributed by atoms with E-state index in [-0.39, 0.29) is 11.9 Å². The molecule has 3 rings (SSSR count). The summed E-state index contributed by atoms with van der Waals surface area (Å²) in [6.45, 7) is 4.52. The fourth-order valence-electron chi connectivity index (χ4n) is 3.55. The molecule has 1 aromatic rings. The summed E-state index contributed by atoms with van der Waals surface area (Å²) in [6, 6.07) is 5.79. The number of ether oxygens (including phenoxy) is 2. The van der Waals surface area contributed by atoms with Crippen LogP contribution in [-0.4, -0.2) is 72.0 Å². The Kier molecular flexibility index (Phi) is 8.42. The SMILES string of the molecule is O=C1c2cccc([S+]([O-])CCOCCOCCBr)c2CN1C1CCCNC1. The number of fused-ring (bicyclic) bond motifs is 1. The fourth-order valence-corrected chi connectivity index (χ4v) is 4.95. The molecule has 2 aliphatic rings. The Bertz CT molecular complexity index is 628. The van der Waals surface area contributed by atoms with Crippen molar-refractivity contribution in [3.05, 3.63) is 29.3 Å². The molecule has 0 saturated carbocycles. The number of carbonyl (C=O) groups is 1. The summed E-state index contributed by atoms with van der Waals surface area (Å²) >= 11 is 2.12. The van der Waals surface area contributed by atoms with Crippen molar-refractivity contribution in [2.45, 2.75) is 30.3 Å². The van der Waals surface area contributed by atoms with E-state index < -0.39 is 11.2 Å². The molecule has 0 radical (unpaired) electrons. The van der Waals surface area contributed by atoms with E-state index in [1.54, 1.807) is 0 Å². The van der Waals surface area contributed by atoms with E-state index >= 15 is 0 Å².